The summed E-state index contributed by atoms with van der Waals surface area (Å²) in [7, 11) is -3.66. The highest BCUT2D eigenvalue weighted by molar-refractivity contribution is 7.89. The standard InChI is InChI=1S/C11H17N3O4S/c1-8-6-10(14(15)16)7-9(2)11(8)19(17,18)13-5-3-4-12/h6-7,13H,3-5,12H2,1-2H3. The third kappa shape index (κ3) is 3.72. The highest BCUT2D eigenvalue weighted by Gasteiger charge is 2.22. The van der Waals surface area contributed by atoms with Gasteiger partial charge < -0.3 is 5.73 Å². The van der Waals surface area contributed by atoms with Crippen LogP contribution in [0.15, 0.2) is 17.0 Å². The molecule has 19 heavy (non-hydrogen) atoms. The molecule has 8 heteroatoms. The maximum atomic E-state index is 12.1. The molecule has 0 atom stereocenters. The molecular weight excluding hydrogens is 270 g/mol. The van der Waals surface area contributed by atoms with Crippen molar-refractivity contribution in [2.45, 2.75) is 25.2 Å². The Hall–Kier alpha value is -1.51. The first-order valence-corrected chi connectivity index (χ1v) is 7.23. The Labute approximate surface area is 112 Å². The van der Waals surface area contributed by atoms with E-state index >= 15 is 0 Å². The van der Waals surface area contributed by atoms with Gasteiger partial charge in [0.15, 0.2) is 0 Å². The van der Waals surface area contributed by atoms with Gasteiger partial charge in [0, 0.05) is 18.7 Å². The highest BCUT2D eigenvalue weighted by Crippen LogP contribution is 2.25. The molecule has 3 N–H and O–H groups in total. The van der Waals surface area contributed by atoms with E-state index in [9.17, 15) is 18.5 Å². The summed E-state index contributed by atoms with van der Waals surface area (Å²) in [5.41, 5.74) is 5.89. The number of sulfonamides is 1. The fraction of sp³-hybridized carbons (Fsp3) is 0.455. The number of rotatable bonds is 6. The number of aryl methyl sites for hydroxylation is 2. The van der Waals surface area contributed by atoms with Crippen LogP contribution in [-0.2, 0) is 10.0 Å². The monoisotopic (exact) mass is 287 g/mol. The molecule has 1 rings (SSSR count). The summed E-state index contributed by atoms with van der Waals surface area (Å²) < 4.78 is 26.6. The third-order valence-electron chi connectivity index (χ3n) is 2.60. The lowest BCUT2D eigenvalue weighted by molar-refractivity contribution is -0.385. The SMILES string of the molecule is Cc1cc([N+](=O)[O-])cc(C)c1S(=O)(=O)NCCCN. The van der Waals surface area contributed by atoms with E-state index in [1.54, 1.807) is 0 Å². The van der Waals surface area contributed by atoms with Crippen molar-refractivity contribution in [1.29, 1.82) is 0 Å². The van der Waals surface area contributed by atoms with E-state index in [0.717, 1.165) is 0 Å². The van der Waals surface area contributed by atoms with Crippen LogP contribution in [0.2, 0.25) is 0 Å². The summed E-state index contributed by atoms with van der Waals surface area (Å²) in [6.07, 6.45) is 0.532. The number of benzene rings is 1. The van der Waals surface area contributed by atoms with Crippen LogP contribution in [0.5, 0.6) is 0 Å². The van der Waals surface area contributed by atoms with Gasteiger partial charge in [-0.25, -0.2) is 13.1 Å². The van der Waals surface area contributed by atoms with Crippen molar-refractivity contribution in [2.75, 3.05) is 13.1 Å². The second-order valence-corrected chi connectivity index (χ2v) is 5.91. The number of nitro groups is 1. The number of nitrogens with zero attached hydrogens (tertiary/aromatic N) is 1. The fourth-order valence-corrected chi connectivity index (χ4v) is 3.36. The fourth-order valence-electron chi connectivity index (χ4n) is 1.84. The second kappa shape index (κ2) is 6.09. The van der Waals surface area contributed by atoms with Gasteiger partial charge >= 0.3 is 0 Å². The van der Waals surface area contributed by atoms with Crippen LogP contribution in [0.3, 0.4) is 0 Å². The molecule has 0 aliphatic rings. The van der Waals surface area contributed by atoms with E-state index in [2.05, 4.69) is 4.72 Å². The maximum absolute atomic E-state index is 12.1. The van der Waals surface area contributed by atoms with Crippen molar-refractivity contribution in [2.24, 2.45) is 5.73 Å². The van der Waals surface area contributed by atoms with Crippen LogP contribution < -0.4 is 10.5 Å². The molecule has 106 valence electrons. The van der Waals surface area contributed by atoms with Crippen LogP contribution in [0, 0.1) is 24.0 Å². The number of hydrogen-bond acceptors (Lipinski definition) is 5. The average molecular weight is 287 g/mol. The maximum Gasteiger partial charge on any atom is 0.270 e. The van der Waals surface area contributed by atoms with E-state index in [1.165, 1.54) is 26.0 Å². The second-order valence-electron chi connectivity index (χ2n) is 4.21. The van der Waals surface area contributed by atoms with Gasteiger partial charge in [0.1, 0.15) is 0 Å². The molecule has 1 aromatic carbocycles. The van der Waals surface area contributed by atoms with Gasteiger partial charge in [-0.3, -0.25) is 10.1 Å². The summed E-state index contributed by atoms with van der Waals surface area (Å²) in [4.78, 5) is 10.3. The van der Waals surface area contributed by atoms with Crippen LogP contribution in [0.1, 0.15) is 17.5 Å². The predicted octanol–water partition coefficient (Wildman–Crippen LogP) is 0.839. The van der Waals surface area contributed by atoms with Crippen molar-refractivity contribution in [1.82, 2.24) is 4.72 Å². The number of hydrogen-bond donors (Lipinski definition) is 2. The number of nitrogens with two attached hydrogens (primary N) is 1. The van der Waals surface area contributed by atoms with Crippen molar-refractivity contribution in [3.05, 3.63) is 33.4 Å². The zero-order valence-corrected chi connectivity index (χ0v) is 11.7. The minimum Gasteiger partial charge on any atom is -0.330 e. The minimum absolute atomic E-state index is 0.0927. The van der Waals surface area contributed by atoms with Crippen LogP contribution in [0.4, 0.5) is 5.69 Å². The largest absolute Gasteiger partial charge is 0.330 e. The Morgan fingerprint density at radius 1 is 1.32 bits per heavy atom. The molecule has 0 saturated carbocycles. The normalized spacial score (nSPS) is 11.5. The van der Waals surface area contributed by atoms with Gasteiger partial charge in [-0.2, -0.15) is 0 Å². The quantitative estimate of drug-likeness (QED) is 0.457. The topological polar surface area (TPSA) is 115 Å². The summed E-state index contributed by atoms with van der Waals surface area (Å²) in [5, 5.41) is 10.7. The molecule has 0 aromatic heterocycles. The van der Waals surface area contributed by atoms with Gasteiger partial charge in [-0.1, -0.05) is 0 Å². The molecule has 0 fully saturated rings. The summed E-state index contributed by atoms with van der Waals surface area (Å²) in [6.45, 7) is 3.71. The van der Waals surface area contributed by atoms with Crippen molar-refractivity contribution >= 4 is 15.7 Å². The number of nitrogens with one attached hydrogen (secondary N) is 1. The Balaban J connectivity index is 3.17. The molecule has 0 radical (unpaired) electrons. The van der Waals surface area contributed by atoms with Crippen molar-refractivity contribution in [3.63, 3.8) is 0 Å². The predicted molar refractivity (Wildman–Crippen MR) is 71.4 cm³/mol. The first-order valence-electron chi connectivity index (χ1n) is 5.75. The number of non-ortho nitro benzene ring substituents is 1. The van der Waals surface area contributed by atoms with E-state index < -0.39 is 14.9 Å². The molecule has 1 aromatic rings. The molecule has 0 bridgehead atoms. The van der Waals surface area contributed by atoms with Crippen LogP contribution in [0.25, 0.3) is 0 Å². The van der Waals surface area contributed by atoms with Gasteiger partial charge in [0.25, 0.3) is 5.69 Å². The first kappa shape index (κ1) is 15.5. The van der Waals surface area contributed by atoms with Gasteiger partial charge in [0.05, 0.1) is 9.82 Å². The summed E-state index contributed by atoms with van der Waals surface area (Å²) in [6, 6.07) is 2.51. The molecule has 0 aliphatic heterocycles. The van der Waals surface area contributed by atoms with Crippen LogP contribution in [-0.4, -0.2) is 26.4 Å². The molecule has 0 saturated heterocycles. The molecule has 0 unspecified atom stereocenters. The lowest BCUT2D eigenvalue weighted by Gasteiger charge is -2.11. The van der Waals surface area contributed by atoms with Gasteiger partial charge in [0.2, 0.25) is 10.0 Å². The van der Waals surface area contributed by atoms with Crippen molar-refractivity contribution < 1.29 is 13.3 Å². The molecular formula is C11H17N3O4S. The van der Waals surface area contributed by atoms with Crippen molar-refractivity contribution in [3.8, 4) is 0 Å². The van der Waals surface area contributed by atoms with E-state index in [-0.39, 0.29) is 17.1 Å². The third-order valence-corrected chi connectivity index (χ3v) is 4.36. The van der Waals surface area contributed by atoms with E-state index in [1.807, 2.05) is 0 Å². The van der Waals surface area contributed by atoms with Gasteiger partial charge in [-0.15, -0.1) is 0 Å². The molecule has 0 heterocycles. The van der Waals surface area contributed by atoms with Crippen LogP contribution >= 0.6 is 0 Å². The zero-order valence-electron chi connectivity index (χ0n) is 10.8. The Morgan fingerprint density at radius 2 is 1.84 bits per heavy atom. The van der Waals surface area contributed by atoms with Gasteiger partial charge in [-0.05, 0) is 37.9 Å². The summed E-state index contributed by atoms with van der Waals surface area (Å²) >= 11 is 0. The average Bonchev–Trinajstić information content (AvgIpc) is 2.27. The smallest absolute Gasteiger partial charge is 0.270 e. The Morgan fingerprint density at radius 3 is 2.26 bits per heavy atom. The van der Waals surface area contributed by atoms with E-state index in [4.69, 9.17) is 5.73 Å². The zero-order chi connectivity index (χ0) is 14.6. The molecule has 0 aliphatic carbocycles. The molecule has 7 nitrogen and oxygen atoms in total. The first-order chi connectivity index (χ1) is 8.79. The highest BCUT2D eigenvalue weighted by atomic mass is 32.2. The Bertz CT molecular complexity index is 561. The lowest BCUT2D eigenvalue weighted by atomic mass is 10.1. The summed E-state index contributed by atoms with van der Waals surface area (Å²) in [5.74, 6) is 0. The molecule has 0 amide bonds. The lowest BCUT2D eigenvalue weighted by Crippen LogP contribution is -2.27. The Kier molecular flexibility index (Phi) is 4.98. The molecule has 0 spiro atoms. The number of nitro benzene ring substituents is 1. The van der Waals surface area contributed by atoms with E-state index in [0.29, 0.717) is 24.1 Å². The minimum atomic E-state index is -3.66.